The lowest BCUT2D eigenvalue weighted by Gasteiger charge is -2.31. The van der Waals surface area contributed by atoms with Crippen LogP contribution >= 0.6 is 0 Å². The third-order valence-corrected chi connectivity index (χ3v) is 4.02. The summed E-state index contributed by atoms with van der Waals surface area (Å²) in [5, 5.41) is 3.41. The highest BCUT2D eigenvalue weighted by molar-refractivity contribution is 5.18. The summed E-state index contributed by atoms with van der Waals surface area (Å²) < 4.78 is 11.9. The van der Waals surface area contributed by atoms with E-state index in [1.807, 2.05) is 0 Å². The third kappa shape index (κ3) is 4.58. The molecular formula is C17H27NO2. The van der Waals surface area contributed by atoms with E-state index in [0.717, 1.165) is 25.9 Å². The molecule has 3 atom stereocenters. The van der Waals surface area contributed by atoms with Crippen molar-refractivity contribution in [3.63, 3.8) is 0 Å². The Bertz CT molecular complexity index is 369. The highest BCUT2D eigenvalue weighted by Gasteiger charge is 2.25. The van der Waals surface area contributed by atoms with Gasteiger partial charge in [0.15, 0.2) is 0 Å². The molecule has 1 aliphatic rings. The van der Waals surface area contributed by atoms with Crippen LogP contribution in [0, 0.1) is 0 Å². The number of methoxy groups -OCH3 is 1. The van der Waals surface area contributed by atoms with E-state index in [-0.39, 0.29) is 6.10 Å². The van der Waals surface area contributed by atoms with Crippen molar-refractivity contribution in [3.05, 3.63) is 35.9 Å². The molecule has 0 aliphatic heterocycles. The summed E-state index contributed by atoms with van der Waals surface area (Å²) in [4.78, 5) is 0. The first-order chi connectivity index (χ1) is 9.83. The molecule has 3 heteroatoms. The highest BCUT2D eigenvalue weighted by atomic mass is 16.5. The topological polar surface area (TPSA) is 30.5 Å². The van der Waals surface area contributed by atoms with Gasteiger partial charge in [-0.1, -0.05) is 37.3 Å². The van der Waals surface area contributed by atoms with Crippen molar-refractivity contribution in [2.75, 3.05) is 20.2 Å². The first-order valence-electron chi connectivity index (χ1n) is 7.77. The van der Waals surface area contributed by atoms with Gasteiger partial charge in [0.2, 0.25) is 0 Å². The van der Waals surface area contributed by atoms with Gasteiger partial charge in [-0.15, -0.1) is 0 Å². The minimum atomic E-state index is 0.136. The van der Waals surface area contributed by atoms with Crippen LogP contribution in [0.4, 0.5) is 0 Å². The Morgan fingerprint density at radius 2 is 1.95 bits per heavy atom. The van der Waals surface area contributed by atoms with Crippen molar-refractivity contribution in [3.8, 4) is 0 Å². The van der Waals surface area contributed by atoms with Crippen molar-refractivity contribution in [1.29, 1.82) is 0 Å². The minimum absolute atomic E-state index is 0.136. The molecule has 1 aromatic rings. The van der Waals surface area contributed by atoms with Gasteiger partial charge >= 0.3 is 0 Å². The van der Waals surface area contributed by atoms with Gasteiger partial charge in [-0.25, -0.2) is 0 Å². The number of hydrogen-bond acceptors (Lipinski definition) is 3. The molecule has 1 aliphatic carbocycles. The molecular weight excluding hydrogens is 250 g/mol. The van der Waals surface area contributed by atoms with Crippen molar-refractivity contribution < 1.29 is 9.47 Å². The molecule has 20 heavy (non-hydrogen) atoms. The quantitative estimate of drug-likeness (QED) is 0.829. The molecule has 0 heterocycles. The van der Waals surface area contributed by atoms with E-state index in [1.165, 1.54) is 18.4 Å². The van der Waals surface area contributed by atoms with E-state index < -0.39 is 0 Å². The zero-order valence-corrected chi connectivity index (χ0v) is 12.7. The van der Waals surface area contributed by atoms with E-state index in [1.54, 1.807) is 7.11 Å². The van der Waals surface area contributed by atoms with Crippen LogP contribution in [0.2, 0.25) is 0 Å². The van der Waals surface area contributed by atoms with Gasteiger partial charge < -0.3 is 14.8 Å². The summed E-state index contributed by atoms with van der Waals surface area (Å²) in [6.45, 7) is 3.97. The fourth-order valence-corrected chi connectivity index (χ4v) is 2.86. The first kappa shape index (κ1) is 15.5. The molecule has 112 valence electrons. The predicted molar refractivity (Wildman–Crippen MR) is 81.9 cm³/mol. The predicted octanol–water partition coefficient (Wildman–Crippen LogP) is 3.31. The smallest absolute Gasteiger partial charge is 0.0952 e. The fraction of sp³-hybridized carbons (Fsp3) is 0.647. The molecule has 0 saturated heterocycles. The summed E-state index contributed by atoms with van der Waals surface area (Å²) in [6.07, 6.45) is 5.35. The number of nitrogens with one attached hydrogen (secondary N) is 1. The van der Waals surface area contributed by atoms with Crippen molar-refractivity contribution in [1.82, 2.24) is 5.32 Å². The summed E-state index contributed by atoms with van der Waals surface area (Å²) in [5.74, 6) is 0. The lowest BCUT2D eigenvalue weighted by Crippen LogP contribution is -2.32. The monoisotopic (exact) mass is 277 g/mol. The Morgan fingerprint density at radius 3 is 2.65 bits per heavy atom. The van der Waals surface area contributed by atoms with Gasteiger partial charge in [0.05, 0.1) is 18.3 Å². The molecule has 2 rings (SSSR count). The van der Waals surface area contributed by atoms with E-state index in [2.05, 4.69) is 42.6 Å². The van der Waals surface area contributed by atoms with Crippen LogP contribution in [0.5, 0.6) is 0 Å². The van der Waals surface area contributed by atoms with Crippen LogP contribution in [-0.4, -0.2) is 32.4 Å². The summed E-state index contributed by atoms with van der Waals surface area (Å²) in [6, 6.07) is 10.5. The average Bonchev–Trinajstić information content (AvgIpc) is 2.52. The molecule has 3 nitrogen and oxygen atoms in total. The van der Waals surface area contributed by atoms with E-state index >= 15 is 0 Å². The Labute approximate surface area is 122 Å². The van der Waals surface area contributed by atoms with Crippen LogP contribution in [0.3, 0.4) is 0 Å². The molecule has 0 bridgehead atoms. The van der Waals surface area contributed by atoms with E-state index in [0.29, 0.717) is 12.2 Å². The minimum Gasteiger partial charge on any atom is -0.381 e. The molecule has 0 amide bonds. The summed E-state index contributed by atoms with van der Waals surface area (Å²) >= 11 is 0. The average molecular weight is 277 g/mol. The van der Waals surface area contributed by atoms with Crippen LogP contribution in [0.1, 0.15) is 44.3 Å². The second kappa shape index (κ2) is 8.40. The maximum Gasteiger partial charge on any atom is 0.0952 e. The summed E-state index contributed by atoms with van der Waals surface area (Å²) in [7, 11) is 1.81. The van der Waals surface area contributed by atoms with Gasteiger partial charge in [0.1, 0.15) is 0 Å². The number of benzene rings is 1. The van der Waals surface area contributed by atoms with E-state index in [4.69, 9.17) is 9.47 Å². The molecule has 0 aromatic heterocycles. The van der Waals surface area contributed by atoms with Crippen molar-refractivity contribution in [2.45, 2.75) is 50.9 Å². The normalized spacial score (nSPS) is 24.5. The van der Waals surface area contributed by atoms with Crippen LogP contribution in [-0.2, 0) is 9.47 Å². The molecule has 1 saturated carbocycles. The first-order valence-corrected chi connectivity index (χ1v) is 7.77. The Balaban J connectivity index is 1.96. The second-order valence-electron chi connectivity index (χ2n) is 5.49. The van der Waals surface area contributed by atoms with Gasteiger partial charge in [0.25, 0.3) is 0 Å². The largest absolute Gasteiger partial charge is 0.381 e. The lowest BCUT2D eigenvalue weighted by atomic mass is 9.94. The molecule has 1 fully saturated rings. The van der Waals surface area contributed by atoms with Crippen LogP contribution in [0.25, 0.3) is 0 Å². The van der Waals surface area contributed by atoms with Crippen molar-refractivity contribution >= 4 is 0 Å². The Kier molecular flexibility index (Phi) is 6.51. The molecule has 1 N–H and O–H groups in total. The second-order valence-corrected chi connectivity index (χ2v) is 5.49. The number of rotatable bonds is 7. The zero-order valence-electron chi connectivity index (χ0n) is 12.7. The molecule has 0 spiro atoms. The Hall–Kier alpha value is -0.900. The van der Waals surface area contributed by atoms with Gasteiger partial charge in [-0.2, -0.15) is 0 Å². The molecule has 1 aromatic carbocycles. The Morgan fingerprint density at radius 1 is 1.20 bits per heavy atom. The lowest BCUT2D eigenvalue weighted by molar-refractivity contribution is -0.0655. The maximum atomic E-state index is 6.37. The zero-order chi connectivity index (χ0) is 14.2. The standard InChI is InChI=1S/C17H27NO2/c1-3-18-13-17(14-8-5-4-6-9-14)20-16-11-7-10-15(12-16)19-2/h4-6,8-9,15-18H,3,7,10-13H2,1-2H3. The van der Waals surface area contributed by atoms with Gasteiger partial charge in [0, 0.05) is 13.7 Å². The molecule has 3 unspecified atom stereocenters. The van der Waals surface area contributed by atoms with Crippen LogP contribution < -0.4 is 5.32 Å². The highest BCUT2D eigenvalue weighted by Crippen LogP contribution is 2.28. The fourth-order valence-electron chi connectivity index (χ4n) is 2.86. The number of likely N-dealkylation sites (N-methyl/N-ethyl adjacent to an activating group) is 1. The summed E-state index contributed by atoms with van der Waals surface area (Å²) in [5.41, 5.74) is 1.26. The van der Waals surface area contributed by atoms with Gasteiger partial charge in [-0.3, -0.25) is 0 Å². The number of hydrogen-bond donors (Lipinski definition) is 1. The van der Waals surface area contributed by atoms with Gasteiger partial charge in [-0.05, 0) is 37.8 Å². The maximum absolute atomic E-state index is 6.37. The van der Waals surface area contributed by atoms with Crippen LogP contribution in [0.15, 0.2) is 30.3 Å². The SMILES string of the molecule is CCNCC(OC1CCCC(OC)C1)c1ccccc1. The third-order valence-electron chi connectivity index (χ3n) is 4.02. The van der Waals surface area contributed by atoms with E-state index in [9.17, 15) is 0 Å². The number of ether oxygens (including phenoxy) is 2. The van der Waals surface area contributed by atoms with Crippen molar-refractivity contribution in [2.24, 2.45) is 0 Å². The molecule has 0 radical (unpaired) electrons.